The van der Waals surface area contributed by atoms with Gasteiger partial charge in [-0.3, -0.25) is 4.79 Å². The van der Waals surface area contributed by atoms with Gasteiger partial charge in [0.05, 0.1) is 15.9 Å². The highest BCUT2D eigenvalue weighted by Crippen LogP contribution is 2.25. The second kappa shape index (κ2) is 7.74. The second-order valence-electron chi connectivity index (χ2n) is 5.80. The first kappa shape index (κ1) is 18.2. The Labute approximate surface area is 160 Å². The summed E-state index contributed by atoms with van der Waals surface area (Å²) in [6.07, 6.45) is 1.08. The molecule has 0 aliphatic heterocycles. The summed E-state index contributed by atoms with van der Waals surface area (Å²) in [5, 5.41) is 11.6. The SMILES string of the molecule is CCn1nc(C)cc1NC(=O)[C@H](C)Oc1nn(-c2ccccc2)cc1Br. The number of carbonyl (C=O) groups is 1. The van der Waals surface area contributed by atoms with Crippen LogP contribution in [0.2, 0.25) is 0 Å². The van der Waals surface area contributed by atoms with Crippen molar-refractivity contribution in [3.63, 3.8) is 0 Å². The van der Waals surface area contributed by atoms with Gasteiger partial charge in [-0.1, -0.05) is 18.2 Å². The lowest BCUT2D eigenvalue weighted by Gasteiger charge is -2.13. The van der Waals surface area contributed by atoms with Crippen molar-refractivity contribution < 1.29 is 9.53 Å². The first-order valence-corrected chi connectivity index (χ1v) is 9.09. The number of aryl methyl sites for hydroxylation is 2. The summed E-state index contributed by atoms with van der Waals surface area (Å²) >= 11 is 3.43. The maximum absolute atomic E-state index is 12.5. The predicted molar refractivity (Wildman–Crippen MR) is 103 cm³/mol. The van der Waals surface area contributed by atoms with Gasteiger partial charge < -0.3 is 10.1 Å². The normalized spacial score (nSPS) is 12.0. The zero-order valence-corrected chi connectivity index (χ0v) is 16.4. The number of amides is 1. The monoisotopic (exact) mass is 417 g/mol. The Morgan fingerprint density at radius 1 is 1.31 bits per heavy atom. The van der Waals surface area contributed by atoms with Crippen LogP contribution in [0.15, 0.2) is 47.1 Å². The first-order chi connectivity index (χ1) is 12.5. The molecule has 0 aliphatic carbocycles. The van der Waals surface area contributed by atoms with Crippen LogP contribution in [-0.4, -0.2) is 31.6 Å². The van der Waals surface area contributed by atoms with E-state index in [9.17, 15) is 4.79 Å². The molecule has 2 heterocycles. The molecule has 2 aromatic heterocycles. The minimum Gasteiger partial charge on any atom is -0.463 e. The van der Waals surface area contributed by atoms with Crippen LogP contribution in [0.5, 0.6) is 5.88 Å². The molecule has 3 aromatic rings. The van der Waals surface area contributed by atoms with Crippen molar-refractivity contribution in [3.05, 3.63) is 52.8 Å². The number of nitrogens with one attached hydrogen (secondary N) is 1. The number of carbonyl (C=O) groups excluding carboxylic acids is 1. The zero-order chi connectivity index (χ0) is 18.7. The fourth-order valence-corrected chi connectivity index (χ4v) is 2.83. The van der Waals surface area contributed by atoms with E-state index in [-0.39, 0.29) is 5.91 Å². The zero-order valence-electron chi connectivity index (χ0n) is 14.8. The molecule has 0 aliphatic rings. The minimum atomic E-state index is -0.717. The number of aromatic nitrogens is 4. The first-order valence-electron chi connectivity index (χ1n) is 8.30. The summed E-state index contributed by atoms with van der Waals surface area (Å²) in [7, 11) is 0. The van der Waals surface area contributed by atoms with Crippen LogP contribution in [0.4, 0.5) is 5.82 Å². The molecule has 1 N–H and O–H groups in total. The number of ether oxygens (including phenoxy) is 1. The third-order valence-corrected chi connectivity index (χ3v) is 4.31. The lowest BCUT2D eigenvalue weighted by molar-refractivity contribution is -0.122. The average Bonchev–Trinajstić information content (AvgIpc) is 3.18. The van der Waals surface area contributed by atoms with Gasteiger partial charge in [-0.25, -0.2) is 9.36 Å². The predicted octanol–water partition coefficient (Wildman–Crippen LogP) is 3.57. The van der Waals surface area contributed by atoms with Crippen LogP contribution < -0.4 is 10.1 Å². The summed E-state index contributed by atoms with van der Waals surface area (Å²) in [5.41, 5.74) is 1.75. The molecule has 0 saturated heterocycles. The number of rotatable bonds is 6. The standard InChI is InChI=1S/C18H20BrN5O2/c1-4-23-16(10-12(2)21-23)20-17(25)13(3)26-18-15(19)11-24(22-18)14-8-6-5-7-9-14/h5-11,13H,4H2,1-3H3,(H,20,25)/t13-/m0/s1. The van der Waals surface area contributed by atoms with Gasteiger partial charge in [0.1, 0.15) is 5.82 Å². The molecule has 0 radical (unpaired) electrons. The number of hydrogen-bond donors (Lipinski definition) is 1. The molecule has 0 bridgehead atoms. The largest absolute Gasteiger partial charge is 0.463 e. The molecule has 0 spiro atoms. The van der Waals surface area contributed by atoms with Gasteiger partial charge in [-0.05, 0) is 48.8 Å². The molecule has 1 aromatic carbocycles. The Morgan fingerprint density at radius 2 is 2.04 bits per heavy atom. The molecule has 1 amide bonds. The highest BCUT2D eigenvalue weighted by atomic mass is 79.9. The van der Waals surface area contributed by atoms with Gasteiger partial charge in [0.25, 0.3) is 5.91 Å². The van der Waals surface area contributed by atoms with Crippen molar-refractivity contribution >= 4 is 27.7 Å². The molecule has 0 saturated carbocycles. The lowest BCUT2D eigenvalue weighted by Crippen LogP contribution is -2.31. The van der Waals surface area contributed by atoms with Gasteiger partial charge in [0, 0.05) is 18.8 Å². The molecular weight excluding hydrogens is 398 g/mol. The van der Waals surface area contributed by atoms with Gasteiger partial charge >= 0.3 is 0 Å². The Hall–Kier alpha value is -2.61. The highest BCUT2D eigenvalue weighted by Gasteiger charge is 2.20. The Kier molecular flexibility index (Phi) is 5.41. The van der Waals surface area contributed by atoms with E-state index in [0.29, 0.717) is 22.7 Å². The summed E-state index contributed by atoms with van der Waals surface area (Å²) in [4.78, 5) is 12.5. The van der Waals surface area contributed by atoms with E-state index in [1.807, 2.05) is 50.2 Å². The summed E-state index contributed by atoms with van der Waals surface area (Å²) in [6.45, 7) is 6.21. The number of halogens is 1. The molecule has 3 rings (SSSR count). The molecule has 26 heavy (non-hydrogen) atoms. The van der Waals surface area contributed by atoms with Gasteiger partial charge in [-0.15, -0.1) is 5.10 Å². The van der Waals surface area contributed by atoms with E-state index >= 15 is 0 Å². The van der Waals surface area contributed by atoms with Gasteiger partial charge in [0.2, 0.25) is 5.88 Å². The van der Waals surface area contributed by atoms with Crippen molar-refractivity contribution in [2.24, 2.45) is 0 Å². The van der Waals surface area contributed by atoms with Crippen molar-refractivity contribution in [3.8, 4) is 11.6 Å². The van der Waals surface area contributed by atoms with E-state index in [1.54, 1.807) is 22.5 Å². The molecule has 7 nitrogen and oxygen atoms in total. The topological polar surface area (TPSA) is 74.0 Å². The van der Waals surface area contributed by atoms with Crippen molar-refractivity contribution in [2.45, 2.75) is 33.4 Å². The van der Waals surface area contributed by atoms with Crippen molar-refractivity contribution in [2.75, 3.05) is 5.32 Å². The maximum Gasteiger partial charge on any atom is 0.266 e. The van der Waals surface area contributed by atoms with Crippen molar-refractivity contribution in [1.29, 1.82) is 0 Å². The van der Waals surface area contributed by atoms with Crippen LogP contribution in [-0.2, 0) is 11.3 Å². The van der Waals surface area contributed by atoms with Gasteiger partial charge in [-0.2, -0.15) is 5.10 Å². The van der Waals surface area contributed by atoms with Crippen LogP contribution >= 0.6 is 15.9 Å². The quantitative estimate of drug-likeness (QED) is 0.665. The van der Waals surface area contributed by atoms with Crippen molar-refractivity contribution in [1.82, 2.24) is 19.6 Å². The van der Waals surface area contributed by atoms with E-state index in [2.05, 4.69) is 31.4 Å². The minimum absolute atomic E-state index is 0.263. The molecular formula is C18H20BrN5O2. The van der Waals surface area contributed by atoms with Gasteiger partial charge in [0.15, 0.2) is 6.10 Å². The number of benzene rings is 1. The fourth-order valence-electron chi connectivity index (χ4n) is 2.47. The summed E-state index contributed by atoms with van der Waals surface area (Å²) < 4.78 is 9.85. The molecule has 1 atom stereocenters. The van der Waals surface area contributed by atoms with E-state index in [0.717, 1.165) is 11.4 Å². The Balaban J connectivity index is 1.70. The maximum atomic E-state index is 12.5. The van der Waals surface area contributed by atoms with Crippen LogP contribution in [0.3, 0.4) is 0 Å². The Morgan fingerprint density at radius 3 is 2.73 bits per heavy atom. The molecule has 136 valence electrons. The van der Waals surface area contributed by atoms with Crippen LogP contribution in [0.25, 0.3) is 5.69 Å². The molecule has 0 unspecified atom stereocenters. The third-order valence-electron chi connectivity index (χ3n) is 3.77. The molecule has 8 heteroatoms. The number of anilines is 1. The fraction of sp³-hybridized carbons (Fsp3) is 0.278. The second-order valence-corrected chi connectivity index (χ2v) is 6.65. The van der Waals surface area contributed by atoms with Crippen LogP contribution in [0.1, 0.15) is 19.5 Å². The van der Waals surface area contributed by atoms with Crippen LogP contribution in [0, 0.1) is 6.92 Å². The number of hydrogen-bond acceptors (Lipinski definition) is 4. The number of para-hydroxylation sites is 1. The lowest BCUT2D eigenvalue weighted by atomic mass is 10.3. The average molecular weight is 418 g/mol. The molecule has 0 fully saturated rings. The Bertz CT molecular complexity index is 904. The third kappa shape index (κ3) is 3.96. The smallest absolute Gasteiger partial charge is 0.266 e. The van der Waals surface area contributed by atoms with E-state index < -0.39 is 6.10 Å². The highest BCUT2D eigenvalue weighted by molar-refractivity contribution is 9.10. The van der Waals surface area contributed by atoms with E-state index in [1.165, 1.54) is 0 Å². The number of nitrogens with zero attached hydrogens (tertiary/aromatic N) is 4. The van der Waals surface area contributed by atoms with E-state index in [4.69, 9.17) is 4.74 Å². The summed E-state index contributed by atoms with van der Waals surface area (Å²) in [6, 6.07) is 11.5. The summed E-state index contributed by atoms with van der Waals surface area (Å²) in [5.74, 6) is 0.747.